The average molecular weight is 257 g/mol. The number of fused-ring (bicyclic) bond motifs is 1. The summed E-state index contributed by atoms with van der Waals surface area (Å²) in [6, 6.07) is 8.19. The molecule has 6 nitrogen and oxygen atoms in total. The molecule has 0 saturated heterocycles. The maximum atomic E-state index is 4.92. The first-order chi connectivity index (χ1) is 9.24. The third-order valence-electron chi connectivity index (χ3n) is 2.98. The van der Waals surface area contributed by atoms with E-state index in [1.54, 1.807) is 6.92 Å². The van der Waals surface area contributed by atoms with Crippen LogP contribution in [0.1, 0.15) is 17.4 Å². The number of nitrogens with one attached hydrogen (secondary N) is 1. The molecule has 2 heterocycles. The van der Waals surface area contributed by atoms with Crippen molar-refractivity contribution in [3.8, 4) is 0 Å². The second kappa shape index (κ2) is 4.81. The lowest BCUT2D eigenvalue weighted by Crippen LogP contribution is -2.14. The first-order valence-corrected chi connectivity index (χ1v) is 6.14. The zero-order valence-corrected chi connectivity index (χ0v) is 10.9. The van der Waals surface area contributed by atoms with E-state index in [1.165, 1.54) is 5.39 Å². The van der Waals surface area contributed by atoms with E-state index < -0.39 is 0 Å². The maximum absolute atomic E-state index is 4.92. The Balaban J connectivity index is 1.72. The highest BCUT2D eigenvalue weighted by atomic mass is 16.5. The second-order valence-corrected chi connectivity index (χ2v) is 4.42. The quantitative estimate of drug-likeness (QED) is 0.768. The molecular weight excluding hydrogens is 242 g/mol. The number of benzene rings is 1. The van der Waals surface area contributed by atoms with Gasteiger partial charge in [-0.1, -0.05) is 23.4 Å². The van der Waals surface area contributed by atoms with Gasteiger partial charge in [-0.15, -0.1) is 0 Å². The zero-order chi connectivity index (χ0) is 13.2. The Morgan fingerprint density at radius 3 is 2.89 bits per heavy atom. The average Bonchev–Trinajstić information content (AvgIpc) is 2.96. The molecule has 3 rings (SSSR count). The van der Waals surface area contributed by atoms with Gasteiger partial charge in [0.25, 0.3) is 0 Å². The van der Waals surface area contributed by atoms with Crippen LogP contribution >= 0.6 is 0 Å². The van der Waals surface area contributed by atoms with Crippen molar-refractivity contribution in [2.75, 3.05) is 0 Å². The van der Waals surface area contributed by atoms with Crippen molar-refractivity contribution >= 4 is 10.9 Å². The number of hydrogen-bond acceptors (Lipinski definition) is 5. The molecule has 1 aromatic carbocycles. The molecule has 98 valence electrons. The molecule has 0 aliphatic rings. The molecule has 0 spiro atoms. The summed E-state index contributed by atoms with van der Waals surface area (Å²) >= 11 is 0. The minimum atomic E-state index is 0.572. The van der Waals surface area contributed by atoms with Gasteiger partial charge in [-0.05, 0) is 6.07 Å². The summed E-state index contributed by atoms with van der Waals surface area (Å²) in [5.74, 6) is 1.25. The Kier molecular flexibility index (Phi) is 3.00. The van der Waals surface area contributed by atoms with Crippen LogP contribution in [0.15, 0.2) is 28.8 Å². The topological polar surface area (TPSA) is 68.8 Å². The Bertz CT molecular complexity index is 700. The van der Waals surface area contributed by atoms with Gasteiger partial charge in [0.15, 0.2) is 5.82 Å². The van der Waals surface area contributed by atoms with E-state index in [0.29, 0.717) is 24.8 Å². The fraction of sp³-hybridized carbons (Fsp3) is 0.308. The molecule has 0 fully saturated rings. The minimum Gasteiger partial charge on any atom is -0.340 e. The molecule has 0 aliphatic heterocycles. The van der Waals surface area contributed by atoms with Crippen LogP contribution in [-0.2, 0) is 20.1 Å². The lowest BCUT2D eigenvalue weighted by Gasteiger charge is -1.98. The zero-order valence-electron chi connectivity index (χ0n) is 10.9. The van der Waals surface area contributed by atoms with E-state index in [1.807, 2.05) is 23.9 Å². The van der Waals surface area contributed by atoms with E-state index in [-0.39, 0.29) is 0 Å². The van der Waals surface area contributed by atoms with Gasteiger partial charge in [0.1, 0.15) is 0 Å². The number of nitrogens with zero attached hydrogens (tertiary/aromatic N) is 4. The number of hydrogen-bond donors (Lipinski definition) is 1. The van der Waals surface area contributed by atoms with Gasteiger partial charge in [0, 0.05) is 25.9 Å². The highest BCUT2D eigenvalue weighted by molar-refractivity contribution is 5.81. The lowest BCUT2D eigenvalue weighted by atomic mass is 10.2. The summed E-state index contributed by atoms with van der Waals surface area (Å²) in [5.41, 5.74) is 2.16. The molecule has 19 heavy (non-hydrogen) atoms. The summed E-state index contributed by atoms with van der Waals surface area (Å²) in [5, 5.41) is 12.8. The van der Waals surface area contributed by atoms with Crippen LogP contribution in [0.2, 0.25) is 0 Å². The minimum absolute atomic E-state index is 0.572. The Morgan fingerprint density at radius 2 is 2.11 bits per heavy atom. The normalized spacial score (nSPS) is 11.3. The number of aryl methyl sites for hydroxylation is 2. The van der Waals surface area contributed by atoms with Crippen LogP contribution in [0.25, 0.3) is 10.9 Å². The van der Waals surface area contributed by atoms with Crippen molar-refractivity contribution in [1.82, 2.24) is 25.2 Å². The third-order valence-corrected chi connectivity index (χ3v) is 2.98. The summed E-state index contributed by atoms with van der Waals surface area (Å²) in [6.07, 6.45) is 0. The fourth-order valence-electron chi connectivity index (χ4n) is 2.13. The lowest BCUT2D eigenvalue weighted by molar-refractivity contribution is 0.385. The Labute approximate surface area is 110 Å². The van der Waals surface area contributed by atoms with E-state index in [9.17, 15) is 0 Å². The van der Waals surface area contributed by atoms with Crippen molar-refractivity contribution in [3.63, 3.8) is 0 Å². The summed E-state index contributed by atoms with van der Waals surface area (Å²) in [6.45, 7) is 3.03. The second-order valence-electron chi connectivity index (χ2n) is 4.42. The molecule has 0 aliphatic carbocycles. The molecular formula is C13H15N5O. The molecule has 0 unspecified atom stereocenters. The number of rotatable bonds is 4. The van der Waals surface area contributed by atoms with Gasteiger partial charge in [0.2, 0.25) is 5.89 Å². The highest BCUT2D eigenvalue weighted by Crippen LogP contribution is 2.17. The largest absolute Gasteiger partial charge is 0.340 e. The van der Waals surface area contributed by atoms with Crippen LogP contribution in [0.3, 0.4) is 0 Å². The maximum Gasteiger partial charge on any atom is 0.223 e. The van der Waals surface area contributed by atoms with E-state index in [0.717, 1.165) is 11.2 Å². The van der Waals surface area contributed by atoms with E-state index >= 15 is 0 Å². The number of para-hydroxylation sites is 1. The molecule has 0 amide bonds. The molecule has 0 atom stereocenters. The molecule has 0 saturated carbocycles. The van der Waals surface area contributed by atoms with Gasteiger partial charge in [0.05, 0.1) is 17.8 Å². The summed E-state index contributed by atoms with van der Waals surface area (Å²) < 4.78 is 6.81. The van der Waals surface area contributed by atoms with Crippen LogP contribution in [0, 0.1) is 6.92 Å². The van der Waals surface area contributed by atoms with Gasteiger partial charge < -0.3 is 9.84 Å². The SMILES string of the molecule is Cc1nc(CNCc2nn(C)c3ccccc23)no1. The Morgan fingerprint density at radius 1 is 1.26 bits per heavy atom. The monoisotopic (exact) mass is 257 g/mol. The molecule has 2 aromatic heterocycles. The third kappa shape index (κ3) is 2.34. The highest BCUT2D eigenvalue weighted by Gasteiger charge is 2.08. The van der Waals surface area contributed by atoms with E-state index in [2.05, 4.69) is 32.7 Å². The molecule has 1 N–H and O–H groups in total. The van der Waals surface area contributed by atoms with Crippen molar-refractivity contribution in [1.29, 1.82) is 0 Å². The smallest absolute Gasteiger partial charge is 0.223 e. The van der Waals surface area contributed by atoms with Crippen LogP contribution < -0.4 is 5.32 Å². The summed E-state index contributed by atoms with van der Waals surface area (Å²) in [7, 11) is 1.95. The van der Waals surface area contributed by atoms with E-state index in [4.69, 9.17) is 4.52 Å². The predicted molar refractivity (Wildman–Crippen MR) is 70.3 cm³/mol. The van der Waals surface area contributed by atoms with Crippen LogP contribution in [0.5, 0.6) is 0 Å². The van der Waals surface area contributed by atoms with Gasteiger partial charge in [-0.25, -0.2) is 0 Å². The van der Waals surface area contributed by atoms with Gasteiger partial charge in [-0.2, -0.15) is 10.1 Å². The standard InChI is InChI=1S/C13H15N5O/c1-9-15-13(17-19-9)8-14-7-11-10-5-3-4-6-12(10)18(2)16-11/h3-6,14H,7-8H2,1-2H3. The van der Waals surface area contributed by atoms with Crippen molar-refractivity contribution in [2.24, 2.45) is 7.05 Å². The molecule has 3 aromatic rings. The van der Waals surface area contributed by atoms with Crippen molar-refractivity contribution < 1.29 is 4.52 Å². The number of aromatic nitrogens is 4. The van der Waals surface area contributed by atoms with Gasteiger partial charge >= 0.3 is 0 Å². The van der Waals surface area contributed by atoms with Gasteiger partial charge in [-0.3, -0.25) is 4.68 Å². The fourth-order valence-corrected chi connectivity index (χ4v) is 2.13. The first kappa shape index (κ1) is 11.9. The van der Waals surface area contributed by atoms with Crippen LogP contribution in [0.4, 0.5) is 0 Å². The Hall–Kier alpha value is -2.21. The summed E-state index contributed by atoms with van der Waals surface area (Å²) in [4.78, 5) is 4.14. The van der Waals surface area contributed by atoms with Crippen molar-refractivity contribution in [2.45, 2.75) is 20.0 Å². The first-order valence-electron chi connectivity index (χ1n) is 6.14. The molecule has 0 radical (unpaired) electrons. The predicted octanol–water partition coefficient (Wildman–Crippen LogP) is 1.55. The molecule has 0 bridgehead atoms. The molecule has 6 heteroatoms. The van der Waals surface area contributed by atoms with Crippen molar-refractivity contribution in [3.05, 3.63) is 41.7 Å². The van der Waals surface area contributed by atoms with Crippen LogP contribution in [-0.4, -0.2) is 19.9 Å².